The molecule has 0 unspecified atom stereocenters. The number of hydrogen-bond donors (Lipinski definition) is 2. The second-order valence-electron chi connectivity index (χ2n) is 5.66. The van der Waals surface area contributed by atoms with Gasteiger partial charge < -0.3 is 10.8 Å². The molecular formula is C22H19N3O. The molecule has 128 valence electrons. The summed E-state index contributed by atoms with van der Waals surface area (Å²) in [6.07, 6.45) is 0. The molecule has 0 amide bonds. The van der Waals surface area contributed by atoms with Crippen LogP contribution in [0.3, 0.4) is 0 Å². The van der Waals surface area contributed by atoms with Crippen LogP contribution >= 0.6 is 0 Å². The number of hydrogen-bond acceptors (Lipinski definition) is 4. The van der Waals surface area contributed by atoms with Crippen molar-refractivity contribution in [3.05, 3.63) is 97.1 Å². The van der Waals surface area contributed by atoms with Gasteiger partial charge in [-0.05, 0) is 59.3 Å². The highest BCUT2D eigenvalue weighted by atomic mass is 16.3. The minimum atomic E-state index is 0.323. The van der Waals surface area contributed by atoms with Gasteiger partial charge in [0, 0.05) is 5.69 Å². The lowest BCUT2D eigenvalue weighted by molar-refractivity contribution is 0.476. The molecule has 26 heavy (non-hydrogen) atoms. The third-order valence-corrected chi connectivity index (χ3v) is 3.66. The van der Waals surface area contributed by atoms with Crippen LogP contribution in [0.1, 0.15) is 0 Å². The van der Waals surface area contributed by atoms with Gasteiger partial charge in [0.1, 0.15) is 5.75 Å². The summed E-state index contributed by atoms with van der Waals surface area (Å²) in [7, 11) is 0. The van der Waals surface area contributed by atoms with Crippen molar-refractivity contribution >= 4 is 27.8 Å². The van der Waals surface area contributed by atoms with Crippen LogP contribution < -0.4 is 5.73 Å². The third-order valence-electron chi connectivity index (χ3n) is 3.66. The van der Waals surface area contributed by atoms with E-state index in [1.54, 1.807) is 24.3 Å². The molecule has 0 saturated heterocycles. The van der Waals surface area contributed by atoms with E-state index < -0.39 is 0 Å². The summed E-state index contributed by atoms with van der Waals surface area (Å²) in [4.78, 5) is 0. The lowest BCUT2D eigenvalue weighted by Gasteiger charge is -1.96. The van der Waals surface area contributed by atoms with E-state index in [4.69, 9.17) is 10.8 Å². The number of phenols is 1. The first kappa shape index (κ1) is 17.2. The third kappa shape index (κ3) is 4.92. The smallest absolute Gasteiger partial charge is 0.116 e. The molecule has 4 rings (SSSR count). The zero-order chi connectivity index (χ0) is 18.2. The molecule has 4 aromatic carbocycles. The zero-order valence-corrected chi connectivity index (χ0v) is 14.2. The lowest BCUT2D eigenvalue weighted by atomic mass is 10.1. The van der Waals surface area contributed by atoms with Crippen LogP contribution in [0.25, 0.3) is 10.8 Å². The average Bonchev–Trinajstić information content (AvgIpc) is 2.69. The first-order valence-electron chi connectivity index (χ1n) is 8.21. The molecule has 4 heteroatoms. The maximum Gasteiger partial charge on any atom is 0.116 e. The van der Waals surface area contributed by atoms with E-state index >= 15 is 0 Å². The molecule has 0 bridgehead atoms. The Morgan fingerprint density at radius 1 is 0.577 bits per heavy atom. The van der Waals surface area contributed by atoms with E-state index in [1.165, 1.54) is 0 Å². The highest BCUT2D eigenvalue weighted by Crippen LogP contribution is 2.19. The lowest BCUT2D eigenvalue weighted by Crippen LogP contribution is -1.80. The van der Waals surface area contributed by atoms with Gasteiger partial charge in [-0.3, -0.25) is 0 Å². The predicted molar refractivity (Wildman–Crippen MR) is 107 cm³/mol. The Hall–Kier alpha value is -3.66. The average molecular weight is 341 g/mol. The Labute approximate surface area is 152 Å². The van der Waals surface area contributed by atoms with E-state index in [9.17, 15) is 0 Å². The highest BCUT2D eigenvalue weighted by molar-refractivity contribution is 5.83. The molecule has 0 aliphatic heterocycles. The molecule has 4 aromatic rings. The molecule has 0 aliphatic carbocycles. The van der Waals surface area contributed by atoms with Gasteiger partial charge in [-0.25, -0.2) is 0 Å². The Kier molecular flexibility index (Phi) is 5.58. The maximum atomic E-state index is 9.13. The molecule has 0 fully saturated rings. The van der Waals surface area contributed by atoms with Crippen molar-refractivity contribution in [3.63, 3.8) is 0 Å². The molecule has 0 radical (unpaired) electrons. The number of nitrogen functional groups attached to an aromatic ring is 1. The van der Waals surface area contributed by atoms with Crippen LogP contribution in [-0.2, 0) is 0 Å². The summed E-state index contributed by atoms with van der Waals surface area (Å²) in [5.41, 5.74) is 7.93. The van der Waals surface area contributed by atoms with Gasteiger partial charge in [-0.2, -0.15) is 10.2 Å². The van der Waals surface area contributed by atoms with Crippen molar-refractivity contribution in [2.75, 3.05) is 5.73 Å². The normalized spacial score (nSPS) is 10.5. The Morgan fingerprint density at radius 2 is 1.15 bits per heavy atom. The van der Waals surface area contributed by atoms with Crippen molar-refractivity contribution < 1.29 is 5.11 Å². The van der Waals surface area contributed by atoms with Gasteiger partial charge in [-0.1, -0.05) is 48.5 Å². The van der Waals surface area contributed by atoms with E-state index in [0.29, 0.717) is 5.75 Å². The predicted octanol–water partition coefficient (Wildman–Crippen LogP) is 6.23. The van der Waals surface area contributed by atoms with Crippen molar-refractivity contribution in [1.82, 2.24) is 0 Å². The van der Waals surface area contributed by atoms with Crippen molar-refractivity contribution in [3.8, 4) is 5.75 Å². The summed E-state index contributed by atoms with van der Waals surface area (Å²) in [6, 6.07) is 30.2. The highest BCUT2D eigenvalue weighted by Gasteiger charge is 1.91. The largest absolute Gasteiger partial charge is 0.508 e. The number of anilines is 1. The van der Waals surface area contributed by atoms with Gasteiger partial charge >= 0.3 is 0 Å². The zero-order valence-electron chi connectivity index (χ0n) is 14.2. The monoisotopic (exact) mass is 341 g/mol. The fraction of sp³-hybridized carbons (Fsp3) is 0. The van der Waals surface area contributed by atoms with Crippen LogP contribution in [-0.4, -0.2) is 5.11 Å². The van der Waals surface area contributed by atoms with Gasteiger partial charge in [0.05, 0.1) is 11.4 Å². The Bertz CT molecular complexity index is 996. The Morgan fingerprint density at radius 3 is 1.85 bits per heavy atom. The molecule has 4 nitrogen and oxygen atoms in total. The topological polar surface area (TPSA) is 71.0 Å². The summed E-state index contributed by atoms with van der Waals surface area (Å²) in [5.74, 6) is 0.323. The second-order valence-corrected chi connectivity index (χ2v) is 5.66. The number of rotatable bonds is 2. The van der Waals surface area contributed by atoms with Gasteiger partial charge in [-0.15, -0.1) is 0 Å². The van der Waals surface area contributed by atoms with Crippen LogP contribution in [0, 0.1) is 0 Å². The SMILES string of the molecule is Nc1ccc(N=Nc2ccccc2)cc1.Oc1ccc2ccccc2c1. The number of nitrogens with zero attached hydrogens (tertiary/aromatic N) is 2. The number of benzene rings is 4. The second kappa shape index (κ2) is 8.44. The molecule has 0 aromatic heterocycles. The minimum absolute atomic E-state index is 0.323. The van der Waals surface area contributed by atoms with E-state index in [0.717, 1.165) is 27.8 Å². The molecule has 0 spiro atoms. The van der Waals surface area contributed by atoms with Gasteiger partial charge in [0.2, 0.25) is 0 Å². The van der Waals surface area contributed by atoms with Gasteiger partial charge in [0.25, 0.3) is 0 Å². The standard InChI is InChI=1S/C12H11N3.C10H8O/c13-10-6-8-12(9-7-10)15-14-11-4-2-1-3-5-11;11-10-6-5-8-3-1-2-4-9(8)7-10/h1-9H,13H2;1-7,11H. The molecule has 0 aliphatic rings. The fourth-order valence-electron chi connectivity index (χ4n) is 2.33. The van der Waals surface area contributed by atoms with Crippen LogP contribution in [0.4, 0.5) is 17.1 Å². The van der Waals surface area contributed by atoms with E-state index in [1.807, 2.05) is 72.8 Å². The summed E-state index contributed by atoms with van der Waals surface area (Å²) < 4.78 is 0. The van der Waals surface area contributed by atoms with E-state index in [-0.39, 0.29) is 0 Å². The fourth-order valence-corrected chi connectivity index (χ4v) is 2.33. The van der Waals surface area contributed by atoms with Crippen molar-refractivity contribution in [2.45, 2.75) is 0 Å². The molecular weight excluding hydrogens is 322 g/mol. The maximum absolute atomic E-state index is 9.13. The summed E-state index contributed by atoms with van der Waals surface area (Å²) >= 11 is 0. The molecule has 0 atom stereocenters. The summed E-state index contributed by atoms with van der Waals surface area (Å²) in [5, 5.41) is 19.5. The van der Waals surface area contributed by atoms with E-state index in [2.05, 4.69) is 10.2 Å². The molecule has 0 saturated carbocycles. The number of phenolic OH excluding ortho intramolecular Hbond substituents is 1. The first-order chi connectivity index (χ1) is 12.7. The quantitative estimate of drug-likeness (QED) is 0.335. The number of aromatic hydroxyl groups is 1. The number of nitrogens with two attached hydrogens (primary N) is 1. The van der Waals surface area contributed by atoms with Crippen LogP contribution in [0.15, 0.2) is 107 Å². The van der Waals surface area contributed by atoms with Crippen LogP contribution in [0.5, 0.6) is 5.75 Å². The van der Waals surface area contributed by atoms with Crippen LogP contribution in [0.2, 0.25) is 0 Å². The van der Waals surface area contributed by atoms with Crippen molar-refractivity contribution in [2.24, 2.45) is 10.2 Å². The number of azo groups is 1. The van der Waals surface area contributed by atoms with Gasteiger partial charge in [0.15, 0.2) is 0 Å². The molecule has 0 heterocycles. The van der Waals surface area contributed by atoms with Crippen molar-refractivity contribution in [1.29, 1.82) is 0 Å². The number of fused-ring (bicyclic) bond motifs is 1. The Balaban J connectivity index is 0.000000158. The molecule has 3 N–H and O–H groups in total. The first-order valence-corrected chi connectivity index (χ1v) is 8.21. The summed E-state index contributed by atoms with van der Waals surface area (Å²) in [6.45, 7) is 0. The minimum Gasteiger partial charge on any atom is -0.508 e.